The van der Waals surface area contributed by atoms with Gasteiger partial charge in [0.1, 0.15) is 6.33 Å². The van der Waals surface area contributed by atoms with Crippen LogP contribution in [0.3, 0.4) is 0 Å². The fourth-order valence-electron chi connectivity index (χ4n) is 4.40. The Bertz CT molecular complexity index is 689. The first-order valence-corrected chi connectivity index (χ1v) is 10.6. The third-order valence-corrected chi connectivity index (χ3v) is 7.25. The lowest BCUT2D eigenvalue weighted by Crippen LogP contribution is -2.52. The molecule has 7 nitrogen and oxygen atoms in total. The van der Waals surface area contributed by atoms with Gasteiger partial charge in [-0.3, -0.25) is 9.59 Å². The minimum atomic E-state index is -0.326. The number of aryl methyl sites for hydroxylation is 1. The van der Waals surface area contributed by atoms with Gasteiger partial charge in [-0.1, -0.05) is 18.2 Å². The van der Waals surface area contributed by atoms with Crippen molar-refractivity contribution in [2.75, 3.05) is 31.9 Å². The van der Waals surface area contributed by atoms with Gasteiger partial charge in [0.25, 0.3) is 0 Å². The molecule has 3 aliphatic rings. The molecule has 26 heavy (non-hydrogen) atoms. The average Bonchev–Trinajstić information content (AvgIpc) is 3.20. The van der Waals surface area contributed by atoms with E-state index in [0.717, 1.165) is 37.5 Å². The number of carbonyl (C=O) groups is 2. The zero-order valence-corrected chi connectivity index (χ0v) is 16.2. The van der Waals surface area contributed by atoms with Crippen LogP contribution >= 0.6 is 11.8 Å². The quantitative estimate of drug-likeness (QED) is 0.728. The highest BCUT2D eigenvalue weighted by Crippen LogP contribution is 2.41. The van der Waals surface area contributed by atoms with Crippen LogP contribution in [-0.2, 0) is 16.6 Å². The van der Waals surface area contributed by atoms with Crippen molar-refractivity contribution in [2.24, 2.45) is 18.4 Å². The van der Waals surface area contributed by atoms with E-state index in [0.29, 0.717) is 30.7 Å². The number of rotatable bonds is 5. The minimum absolute atomic E-state index is 0.0961. The standard InChI is InChI=1S/C18H27N5O2S/c1-21-13-19-20-17(21)26-11-15(24)23-9-7-18(12-23)6-3-8-22(16(18)25)10-14-4-2-5-14/h13-14H,2-12H2,1H3. The van der Waals surface area contributed by atoms with E-state index in [1.165, 1.54) is 31.0 Å². The molecule has 1 aromatic rings. The molecule has 0 N–H and O–H groups in total. The van der Waals surface area contributed by atoms with Gasteiger partial charge in [-0.15, -0.1) is 10.2 Å². The number of amides is 2. The highest BCUT2D eigenvalue weighted by Gasteiger charge is 2.49. The van der Waals surface area contributed by atoms with Crippen molar-refractivity contribution < 1.29 is 9.59 Å². The van der Waals surface area contributed by atoms with Crippen LogP contribution in [0, 0.1) is 11.3 Å². The molecule has 1 spiro atoms. The van der Waals surface area contributed by atoms with E-state index in [4.69, 9.17) is 0 Å². The second kappa shape index (κ2) is 7.21. The van der Waals surface area contributed by atoms with Crippen molar-refractivity contribution in [1.29, 1.82) is 0 Å². The molecular formula is C18H27N5O2S. The summed E-state index contributed by atoms with van der Waals surface area (Å²) in [6, 6.07) is 0. The fourth-order valence-corrected chi connectivity index (χ4v) is 5.19. The molecule has 1 unspecified atom stereocenters. The molecule has 0 radical (unpaired) electrons. The zero-order valence-electron chi connectivity index (χ0n) is 15.4. The Labute approximate surface area is 158 Å². The highest BCUT2D eigenvalue weighted by atomic mass is 32.2. The van der Waals surface area contributed by atoms with Gasteiger partial charge >= 0.3 is 0 Å². The predicted octanol–water partition coefficient (Wildman–Crippen LogP) is 1.55. The van der Waals surface area contributed by atoms with Crippen molar-refractivity contribution >= 4 is 23.6 Å². The molecule has 0 bridgehead atoms. The molecule has 1 aliphatic carbocycles. The maximum Gasteiger partial charge on any atom is 0.233 e. The van der Waals surface area contributed by atoms with Gasteiger partial charge in [0.05, 0.1) is 11.2 Å². The van der Waals surface area contributed by atoms with E-state index in [9.17, 15) is 9.59 Å². The lowest BCUT2D eigenvalue weighted by molar-refractivity contribution is -0.147. The van der Waals surface area contributed by atoms with Crippen LogP contribution in [0.25, 0.3) is 0 Å². The summed E-state index contributed by atoms with van der Waals surface area (Å²) in [5.41, 5.74) is -0.326. The monoisotopic (exact) mass is 377 g/mol. The number of aromatic nitrogens is 3. The van der Waals surface area contributed by atoms with Crippen LogP contribution in [0.4, 0.5) is 0 Å². The summed E-state index contributed by atoms with van der Waals surface area (Å²) in [5, 5.41) is 8.58. The van der Waals surface area contributed by atoms with Crippen LogP contribution in [-0.4, -0.2) is 68.3 Å². The Morgan fingerprint density at radius 2 is 2.15 bits per heavy atom. The molecule has 1 atom stereocenters. The van der Waals surface area contributed by atoms with E-state index in [-0.39, 0.29) is 11.3 Å². The van der Waals surface area contributed by atoms with E-state index in [1.807, 2.05) is 16.5 Å². The predicted molar refractivity (Wildman–Crippen MR) is 98.5 cm³/mol. The average molecular weight is 378 g/mol. The molecule has 3 fully saturated rings. The van der Waals surface area contributed by atoms with Crippen molar-refractivity contribution in [3.63, 3.8) is 0 Å². The van der Waals surface area contributed by atoms with Gasteiger partial charge in [-0.25, -0.2) is 0 Å². The van der Waals surface area contributed by atoms with Crippen LogP contribution < -0.4 is 0 Å². The topological polar surface area (TPSA) is 71.3 Å². The summed E-state index contributed by atoms with van der Waals surface area (Å²) in [6.45, 7) is 3.11. The Morgan fingerprint density at radius 3 is 2.85 bits per heavy atom. The Kier molecular flexibility index (Phi) is 4.94. The number of nitrogens with zero attached hydrogens (tertiary/aromatic N) is 5. The second-order valence-corrected chi connectivity index (χ2v) is 8.95. The third-order valence-electron chi connectivity index (χ3n) is 6.23. The molecule has 142 valence electrons. The summed E-state index contributed by atoms with van der Waals surface area (Å²) in [6.07, 6.45) is 8.27. The number of carbonyl (C=O) groups excluding carboxylic acids is 2. The normalized spacial score (nSPS) is 26.6. The number of thioether (sulfide) groups is 1. The maximum atomic E-state index is 13.1. The molecule has 8 heteroatoms. The van der Waals surface area contributed by atoms with Crippen molar-refractivity contribution in [3.8, 4) is 0 Å². The summed E-state index contributed by atoms with van der Waals surface area (Å²) in [7, 11) is 1.87. The zero-order chi connectivity index (χ0) is 18.1. The largest absolute Gasteiger partial charge is 0.342 e. The van der Waals surface area contributed by atoms with Crippen molar-refractivity contribution in [2.45, 2.75) is 43.7 Å². The molecule has 2 amide bonds. The van der Waals surface area contributed by atoms with Gasteiger partial charge in [-0.2, -0.15) is 0 Å². The van der Waals surface area contributed by atoms with E-state index in [1.54, 1.807) is 6.33 Å². The molecule has 3 heterocycles. The molecule has 2 aliphatic heterocycles. The fraction of sp³-hybridized carbons (Fsp3) is 0.778. The molecule has 4 rings (SSSR count). The van der Waals surface area contributed by atoms with Gasteiger partial charge in [-0.05, 0) is 38.0 Å². The number of hydrogen-bond acceptors (Lipinski definition) is 5. The summed E-state index contributed by atoms with van der Waals surface area (Å²) < 4.78 is 1.81. The number of hydrogen-bond donors (Lipinski definition) is 0. The van der Waals surface area contributed by atoms with Crippen molar-refractivity contribution in [1.82, 2.24) is 24.6 Å². The van der Waals surface area contributed by atoms with Crippen molar-refractivity contribution in [3.05, 3.63) is 6.33 Å². The SMILES string of the molecule is Cn1cnnc1SCC(=O)N1CCC2(CCCN(CC3CCC3)C2=O)C1. The minimum Gasteiger partial charge on any atom is -0.342 e. The Morgan fingerprint density at radius 1 is 1.31 bits per heavy atom. The van der Waals surface area contributed by atoms with Crippen LogP contribution in [0.15, 0.2) is 11.5 Å². The highest BCUT2D eigenvalue weighted by molar-refractivity contribution is 7.99. The summed E-state index contributed by atoms with van der Waals surface area (Å²) in [5.74, 6) is 1.45. The first-order valence-electron chi connectivity index (χ1n) is 9.61. The third kappa shape index (κ3) is 3.35. The molecule has 0 aromatic carbocycles. The first kappa shape index (κ1) is 17.8. The van der Waals surface area contributed by atoms with E-state index >= 15 is 0 Å². The molecule has 1 aromatic heterocycles. The van der Waals surface area contributed by atoms with Crippen LogP contribution in [0.2, 0.25) is 0 Å². The van der Waals surface area contributed by atoms with Crippen LogP contribution in [0.5, 0.6) is 0 Å². The molecule has 2 saturated heterocycles. The van der Waals surface area contributed by atoms with Gasteiger partial charge in [0.2, 0.25) is 11.8 Å². The van der Waals surface area contributed by atoms with Gasteiger partial charge in [0.15, 0.2) is 5.16 Å². The lowest BCUT2D eigenvalue weighted by atomic mass is 9.77. The van der Waals surface area contributed by atoms with Gasteiger partial charge < -0.3 is 14.4 Å². The first-order chi connectivity index (χ1) is 12.6. The Balaban J connectivity index is 1.34. The molecule has 1 saturated carbocycles. The maximum absolute atomic E-state index is 13.1. The molecular weight excluding hydrogens is 350 g/mol. The van der Waals surface area contributed by atoms with E-state index in [2.05, 4.69) is 15.1 Å². The summed E-state index contributed by atoms with van der Waals surface area (Å²) in [4.78, 5) is 29.7. The smallest absolute Gasteiger partial charge is 0.233 e. The second-order valence-electron chi connectivity index (χ2n) is 8.01. The van der Waals surface area contributed by atoms with Gasteiger partial charge in [0, 0.05) is 33.2 Å². The summed E-state index contributed by atoms with van der Waals surface area (Å²) >= 11 is 1.41. The van der Waals surface area contributed by atoms with E-state index < -0.39 is 0 Å². The number of piperidine rings is 1. The number of likely N-dealkylation sites (tertiary alicyclic amines) is 2. The Hall–Kier alpha value is -1.57. The lowest BCUT2D eigenvalue weighted by Gasteiger charge is -2.42. The van der Waals surface area contributed by atoms with Crippen LogP contribution in [0.1, 0.15) is 38.5 Å².